The molecule has 17 nitrogen and oxygen atoms in total. The van der Waals surface area contributed by atoms with Crippen LogP contribution in [0.3, 0.4) is 0 Å². The highest BCUT2D eigenvalue weighted by Gasteiger charge is 2.45. The van der Waals surface area contributed by atoms with Crippen LogP contribution in [0.5, 0.6) is 0 Å². The van der Waals surface area contributed by atoms with Crippen LogP contribution in [0.15, 0.2) is 77.7 Å². The molecule has 0 radical (unpaired) electrons. The number of carbonyl (C=O) groups is 6. The molecule has 0 bridgehead atoms. The van der Waals surface area contributed by atoms with Crippen molar-refractivity contribution in [3.8, 4) is 17.1 Å². The summed E-state index contributed by atoms with van der Waals surface area (Å²) in [5.74, 6) is -1.98. The number of carbonyl (C=O) groups excluding carboxylic acids is 6. The molecule has 1 atom stereocenters. The van der Waals surface area contributed by atoms with Crippen molar-refractivity contribution in [1.29, 1.82) is 0 Å². The Kier molecular flexibility index (Phi) is 11.7. The maximum Gasteiger partial charge on any atom is 0.284 e. The third kappa shape index (κ3) is 9.05. The zero-order valence-electron chi connectivity index (χ0n) is 32.5. The van der Waals surface area contributed by atoms with E-state index >= 15 is 0 Å². The lowest BCUT2D eigenvalue weighted by Crippen LogP contribution is -2.54. The maximum absolute atomic E-state index is 14.0. The molecule has 4 N–H and O–H groups in total. The van der Waals surface area contributed by atoms with Crippen molar-refractivity contribution in [2.24, 2.45) is 5.92 Å². The van der Waals surface area contributed by atoms with Gasteiger partial charge in [0.25, 0.3) is 30.1 Å². The van der Waals surface area contributed by atoms with Crippen LogP contribution in [0.4, 0.5) is 20.3 Å². The number of aryl methyl sites for hydroxylation is 1. The van der Waals surface area contributed by atoms with Crippen molar-refractivity contribution in [3.63, 3.8) is 0 Å². The minimum absolute atomic E-state index is 0.0336. The SMILES string of the molecule is O=C1CCC(N2C(=O)c3cccc(CCCOCCNC(=O)c4ccc(-n5cc(NC(=O)c6coc(-c7ccnc(NCC8CC8)c7)n6)c(C(F)F)n5)cc4)c3C2=O)C(=O)N1. The van der Waals surface area contributed by atoms with E-state index in [1.54, 1.807) is 36.5 Å². The molecule has 19 heteroatoms. The summed E-state index contributed by atoms with van der Waals surface area (Å²) in [6.45, 7) is 1.48. The molecule has 3 aliphatic rings. The monoisotopic (exact) mass is 835 g/mol. The van der Waals surface area contributed by atoms with Crippen molar-refractivity contribution in [2.45, 2.75) is 51.0 Å². The lowest BCUT2D eigenvalue weighted by molar-refractivity contribution is -0.136. The van der Waals surface area contributed by atoms with Gasteiger partial charge in [0, 0.05) is 43.4 Å². The van der Waals surface area contributed by atoms with E-state index in [0.717, 1.165) is 17.7 Å². The van der Waals surface area contributed by atoms with Gasteiger partial charge in [-0.1, -0.05) is 12.1 Å². The standard InChI is InChI=1S/C42H39F2N9O8/c43-36(44)35-29(48-38(56)30-22-61-40(49-30)26-14-15-45-32(19-26)47-20-23-6-7-23)21-52(51-35)27-10-8-25(9-11-27)37(55)46-16-18-60-17-2-4-24-3-1-5-28-34(24)42(59)53(41(28)58)31-12-13-33(54)50-39(31)57/h1,3,5,8-11,14-15,19,21-23,31,36H,2,4,6-7,12-13,16-18,20H2,(H,45,47)(H,46,55)(H,48,56)(H,50,54,57). The predicted octanol–water partition coefficient (Wildman–Crippen LogP) is 4.71. The van der Waals surface area contributed by atoms with Gasteiger partial charge >= 0.3 is 0 Å². The number of hydrogen-bond acceptors (Lipinski definition) is 12. The van der Waals surface area contributed by atoms with Gasteiger partial charge in [0.05, 0.1) is 35.3 Å². The van der Waals surface area contributed by atoms with Crippen molar-refractivity contribution in [3.05, 3.63) is 107 Å². The van der Waals surface area contributed by atoms with E-state index in [1.807, 2.05) is 0 Å². The number of pyridine rings is 1. The molecule has 1 saturated carbocycles. The first kappa shape index (κ1) is 40.6. The number of rotatable bonds is 17. The number of aromatic nitrogens is 4. The Balaban J connectivity index is 0.797. The highest BCUT2D eigenvalue weighted by Crippen LogP contribution is 2.32. The number of nitrogens with one attached hydrogen (secondary N) is 4. The summed E-state index contributed by atoms with van der Waals surface area (Å²) in [4.78, 5) is 85.7. The van der Waals surface area contributed by atoms with E-state index in [9.17, 15) is 37.5 Å². The van der Waals surface area contributed by atoms with Crippen LogP contribution in [-0.2, 0) is 20.7 Å². The normalized spacial score (nSPS) is 16.2. The minimum atomic E-state index is -3.01. The maximum atomic E-state index is 14.0. The van der Waals surface area contributed by atoms with Crippen LogP contribution in [0.25, 0.3) is 17.1 Å². The molecule has 2 fully saturated rings. The fourth-order valence-electron chi connectivity index (χ4n) is 7.07. The summed E-state index contributed by atoms with van der Waals surface area (Å²) in [5, 5.41) is 14.6. The van der Waals surface area contributed by atoms with Gasteiger partial charge in [0.15, 0.2) is 11.4 Å². The Morgan fingerprint density at radius 2 is 1.80 bits per heavy atom. The van der Waals surface area contributed by atoms with Crippen molar-refractivity contribution < 1.29 is 46.7 Å². The van der Waals surface area contributed by atoms with Gasteiger partial charge in [-0.2, -0.15) is 5.10 Å². The largest absolute Gasteiger partial charge is 0.444 e. The Morgan fingerprint density at radius 3 is 2.57 bits per heavy atom. The number of amides is 6. The fourth-order valence-corrected chi connectivity index (χ4v) is 7.07. The molecule has 8 rings (SSSR count). The smallest absolute Gasteiger partial charge is 0.284 e. The summed E-state index contributed by atoms with van der Waals surface area (Å²) in [7, 11) is 0. The van der Waals surface area contributed by atoms with Crippen LogP contribution in [0, 0.1) is 5.92 Å². The molecule has 3 aromatic heterocycles. The summed E-state index contributed by atoms with van der Waals surface area (Å²) in [6.07, 6.45) is 4.35. The van der Waals surface area contributed by atoms with E-state index in [2.05, 4.69) is 36.3 Å². The number of anilines is 2. The molecule has 1 aliphatic carbocycles. The third-order valence-corrected chi connectivity index (χ3v) is 10.4. The summed E-state index contributed by atoms with van der Waals surface area (Å²) >= 11 is 0. The number of nitrogens with zero attached hydrogens (tertiary/aromatic N) is 5. The molecule has 61 heavy (non-hydrogen) atoms. The number of halogens is 2. The molecule has 5 aromatic rings. The first-order chi connectivity index (χ1) is 29.5. The quantitative estimate of drug-likeness (QED) is 0.0739. The van der Waals surface area contributed by atoms with Crippen molar-refractivity contribution in [1.82, 2.24) is 35.3 Å². The van der Waals surface area contributed by atoms with Crippen LogP contribution in [-0.4, -0.2) is 92.4 Å². The van der Waals surface area contributed by atoms with E-state index in [1.165, 1.54) is 48.0 Å². The molecule has 314 valence electrons. The average Bonchev–Trinajstić information content (AvgIpc) is 3.66. The Hall–Kier alpha value is -7.15. The van der Waals surface area contributed by atoms with Gasteiger partial charge in [-0.25, -0.2) is 23.4 Å². The molecule has 5 heterocycles. The van der Waals surface area contributed by atoms with Crippen LogP contribution < -0.4 is 21.3 Å². The number of hydrogen-bond donors (Lipinski definition) is 4. The Labute approximate surface area is 346 Å². The van der Waals surface area contributed by atoms with Crippen LogP contribution in [0.1, 0.15) is 91.3 Å². The van der Waals surface area contributed by atoms with Gasteiger partial charge in [0.1, 0.15) is 18.1 Å². The predicted molar refractivity (Wildman–Crippen MR) is 212 cm³/mol. The number of alkyl halides is 2. The first-order valence-electron chi connectivity index (χ1n) is 19.7. The zero-order valence-corrected chi connectivity index (χ0v) is 32.5. The fraction of sp³-hybridized carbons (Fsp3) is 0.310. The highest BCUT2D eigenvalue weighted by atomic mass is 19.3. The summed E-state index contributed by atoms with van der Waals surface area (Å²) in [5.41, 5.74) is 1.32. The number of benzene rings is 2. The van der Waals surface area contributed by atoms with Gasteiger partial charge < -0.3 is 25.1 Å². The topological polar surface area (TPSA) is 220 Å². The molecule has 1 saturated heterocycles. The zero-order chi connectivity index (χ0) is 42.6. The number of imide groups is 2. The van der Waals surface area contributed by atoms with Crippen molar-refractivity contribution >= 4 is 46.9 Å². The summed E-state index contributed by atoms with van der Waals surface area (Å²) in [6, 6.07) is 13.4. The number of ether oxygens (including phenoxy) is 1. The minimum Gasteiger partial charge on any atom is -0.444 e. The van der Waals surface area contributed by atoms with Gasteiger partial charge in [-0.05, 0) is 86.1 Å². The highest BCUT2D eigenvalue weighted by molar-refractivity contribution is 6.24. The molecule has 6 amide bonds. The van der Waals surface area contributed by atoms with Crippen LogP contribution >= 0.6 is 0 Å². The number of oxazole rings is 1. The number of piperidine rings is 1. The van der Waals surface area contributed by atoms with E-state index in [-0.39, 0.29) is 54.4 Å². The van der Waals surface area contributed by atoms with E-state index < -0.39 is 53.6 Å². The lowest BCUT2D eigenvalue weighted by atomic mass is 9.99. The number of fused-ring (bicyclic) bond motifs is 1. The molecular formula is C42H39F2N9O8. The molecule has 0 spiro atoms. The lowest BCUT2D eigenvalue weighted by Gasteiger charge is -2.27. The van der Waals surface area contributed by atoms with Crippen molar-refractivity contribution in [2.75, 3.05) is 36.9 Å². The van der Waals surface area contributed by atoms with Gasteiger partial charge in [-0.15, -0.1) is 0 Å². The second kappa shape index (κ2) is 17.6. The van der Waals surface area contributed by atoms with Crippen LogP contribution in [0.2, 0.25) is 0 Å². The first-order valence-corrected chi connectivity index (χ1v) is 19.7. The second-order valence-corrected chi connectivity index (χ2v) is 14.7. The Morgan fingerprint density at radius 1 is 0.984 bits per heavy atom. The van der Waals surface area contributed by atoms with Gasteiger partial charge in [0.2, 0.25) is 17.7 Å². The molecule has 2 aliphatic heterocycles. The average molecular weight is 836 g/mol. The third-order valence-electron chi connectivity index (χ3n) is 10.4. The molecular weight excluding hydrogens is 797 g/mol. The van der Waals surface area contributed by atoms with E-state index in [0.29, 0.717) is 53.6 Å². The Bertz CT molecular complexity index is 2520. The molecule has 2 aromatic carbocycles. The van der Waals surface area contributed by atoms with E-state index in [4.69, 9.17) is 9.15 Å². The second-order valence-electron chi connectivity index (χ2n) is 14.7. The van der Waals surface area contributed by atoms with Gasteiger partial charge in [-0.3, -0.25) is 39.0 Å². The summed E-state index contributed by atoms with van der Waals surface area (Å²) < 4.78 is 40.4. The molecule has 1 unspecified atom stereocenters.